The van der Waals surface area contributed by atoms with Gasteiger partial charge in [0, 0.05) is 6.54 Å². The molecule has 0 aliphatic rings. The topological polar surface area (TPSA) is 127 Å². The number of nitrogens with zero attached hydrogens (tertiary/aromatic N) is 1. The molecule has 0 atom stereocenters. The first kappa shape index (κ1) is 30.5. The monoisotopic (exact) mass is 572 g/mol. The van der Waals surface area contributed by atoms with E-state index in [1.807, 2.05) is 0 Å². The summed E-state index contributed by atoms with van der Waals surface area (Å²) in [4.78, 5) is 36.3. The number of hydrogen-bond donors (Lipinski definition) is 3. The second-order valence-electron chi connectivity index (χ2n) is 8.25. The van der Waals surface area contributed by atoms with Crippen LogP contribution in [0.5, 0.6) is 17.2 Å². The summed E-state index contributed by atoms with van der Waals surface area (Å²) in [6, 6.07) is 16.1. The number of anilines is 1. The Kier molecular flexibility index (Phi) is 10.7. The lowest BCUT2D eigenvalue weighted by Gasteiger charge is -2.15. The third kappa shape index (κ3) is 9.27. The maximum Gasteiger partial charge on any atom is 0.418 e. The molecule has 3 amide bonds. The molecule has 0 saturated heterocycles. The number of hydrogen-bond acceptors (Lipinski definition) is 7. The van der Waals surface area contributed by atoms with Crippen molar-refractivity contribution in [3.63, 3.8) is 0 Å². The van der Waals surface area contributed by atoms with E-state index in [-0.39, 0.29) is 30.3 Å². The molecule has 3 aromatic carbocycles. The SMILES string of the molecule is CCOc1cc(/C=N\NC(=O)C(=O)NCc2ccc(OC)cc2)ccc1OCC(=O)Nc1ccccc1C(F)(F)F. The molecule has 0 fully saturated rings. The summed E-state index contributed by atoms with van der Waals surface area (Å²) in [6.45, 7) is 1.51. The predicted octanol–water partition coefficient (Wildman–Crippen LogP) is 3.90. The zero-order valence-electron chi connectivity index (χ0n) is 22.1. The molecule has 0 bridgehead atoms. The lowest BCUT2D eigenvalue weighted by molar-refractivity contribution is -0.139. The Hall–Kier alpha value is -5.07. The molecule has 0 aliphatic heterocycles. The summed E-state index contributed by atoms with van der Waals surface area (Å²) in [7, 11) is 1.54. The van der Waals surface area contributed by atoms with E-state index in [9.17, 15) is 27.6 Å². The van der Waals surface area contributed by atoms with Gasteiger partial charge >= 0.3 is 18.0 Å². The minimum absolute atomic E-state index is 0.131. The maximum absolute atomic E-state index is 13.2. The van der Waals surface area contributed by atoms with Crippen molar-refractivity contribution in [3.8, 4) is 17.2 Å². The highest BCUT2D eigenvalue weighted by molar-refractivity contribution is 6.35. The van der Waals surface area contributed by atoms with Gasteiger partial charge in [-0.25, -0.2) is 5.43 Å². The number of amides is 3. The minimum atomic E-state index is -4.63. The number of hydrazone groups is 1. The van der Waals surface area contributed by atoms with Crippen LogP contribution in [0.15, 0.2) is 71.8 Å². The minimum Gasteiger partial charge on any atom is -0.497 e. The van der Waals surface area contributed by atoms with Crippen molar-refractivity contribution in [2.75, 3.05) is 25.6 Å². The van der Waals surface area contributed by atoms with Gasteiger partial charge in [0.15, 0.2) is 18.1 Å². The summed E-state index contributed by atoms with van der Waals surface area (Å²) in [6.07, 6.45) is -3.37. The van der Waals surface area contributed by atoms with Crippen molar-refractivity contribution < 1.29 is 41.8 Å². The molecule has 0 spiro atoms. The molecule has 13 heteroatoms. The summed E-state index contributed by atoms with van der Waals surface area (Å²) in [5.74, 6) is -1.61. The second-order valence-corrected chi connectivity index (χ2v) is 8.25. The van der Waals surface area contributed by atoms with Crippen molar-refractivity contribution in [1.82, 2.24) is 10.7 Å². The molecule has 0 unspecified atom stereocenters. The van der Waals surface area contributed by atoms with Gasteiger partial charge in [-0.1, -0.05) is 24.3 Å². The zero-order valence-corrected chi connectivity index (χ0v) is 22.1. The first-order valence-corrected chi connectivity index (χ1v) is 12.2. The third-order valence-corrected chi connectivity index (χ3v) is 5.33. The lowest BCUT2D eigenvalue weighted by atomic mass is 10.1. The van der Waals surface area contributed by atoms with Crippen LogP contribution in [0.25, 0.3) is 0 Å². The van der Waals surface area contributed by atoms with E-state index in [0.29, 0.717) is 11.3 Å². The standard InChI is InChI=1S/C28H27F3N4O6/c1-3-40-24-14-19(16-33-35-27(38)26(37)32-15-18-8-11-20(39-2)12-9-18)10-13-23(24)41-17-25(36)34-22-7-5-4-6-21(22)28(29,30)31/h4-14,16H,3,15,17H2,1-2H3,(H,32,37)(H,34,36)(H,35,38)/b33-16-. The van der Waals surface area contributed by atoms with Crippen LogP contribution < -0.4 is 30.3 Å². The number of alkyl halides is 3. The molecule has 0 radical (unpaired) electrons. The third-order valence-electron chi connectivity index (χ3n) is 5.33. The zero-order chi connectivity index (χ0) is 29.8. The fourth-order valence-corrected chi connectivity index (χ4v) is 3.38. The number of benzene rings is 3. The van der Waals surface area contributed by atoms with Gasteiger partial charge in [0.05, 0.1) is 31.2 Å². The molecular formula is C28H27F3N4O6. The Morgan fingerprint density at radius 3 is 2.34 bits per heavy atom. The van der Waals surface area contributed by atoms with E-state index in [1.165, 1.54) is 43.7 Å². The Balaban J connectivity index is 1.54. The number of para-hydroxylation sites is 1. The van der Waals surface area contributed by atoms with Crippen LogP contribution >= 0.6 is 0 Å². The van der Waals surface area contributed by atoms with Gasteiger partial charge in [0.2, 0.25) is 0 Å². The Bertz CT molecular complexity index is 1390. The molecular weight excluding hydrogens is 545 g/mol. The van der Waals surface area contributed by atoms with Gasteiger partial charge in [-0.15, -0.1) is 0 Å². The van der Waals surface area contributed by atoms with Gasteiger partial charge in [0.1, 0.15) is 5.75 Å². The highest BCUT2D eigenvalue weighted by Gasteiger charge is 2.33. The fraction of sp³-hybridized carbons (Fsp3) is 0.214. The first-order chi connectivity index (χ1) is 19.6. The number of carbonyl (C=O) groups excluding carboxylic acids is 3. The van der Waals surface area contributed by atoms with E-state index in [0.717, 1.165) is 17.7 Å². The van der Waals surface area contributed by atoms with Gasteiger partial charge in [-0.2, -0.15) is 18.3 Å². The van der Waals surface area contributed by atoms with Crippen LogP contribution in [0.2, 0.25) is 0 Å². The molecule has 3 aromatic rings. The van der Waals surface area contributed by atoms with E-state index >= 15 is 0 Å². The number of nitrogens with one attached hydrogen (secondary N) is 3. The smallest absolute Gasteiger partial charge is 0.418 e. The molecule has 216 valence electrons. The highest BCUT2D eigenvalue weighted by Crippen LogP contribution is 2.34. The molecule has 0 aromatic heterocycles. The second kappa shape index (κ2) is 14.4. The number of methoxy groups -OCH3 is 1. The van der Waals surface area contributed by atoms with E-state index in [1.54, 1.807) is 31.2 Å². The molecule has 0 aliphatic carbocycles. The summed E-state index contributed by atoms with van der Waals surface area (Å²) in [5.41, 5.74) is 1.99. The van der Waals surface area contributed by atoms with Crippen molar-refractivity contribution in [3.05, 3.63) is 83.4 Å². The Labute approximate surface area is 233 Å². The van der Waals surface area contributed by atoms with Crippen molar-refractivity contribution in [2.45, 2.75) is 19.6 Å². The van der Waals surface area contributed by atoms with Crippen LogP contribution in [-0.4, -0.2) is 44.3 Å². The lowest BCUT2D eigenvalue weighted by Crippen LogP contribution is -2.37. The van der Waals surface area contributed by atoms with Gasteiger partial charge in [-0.3, -0.25) is 14.4 Å². The van der Waals surface area contributed by atoms with Gasteiger partial charge < -0.3 is 24.8 Å². The van der Waals surface area contributed by atoms with Crippen LogP contribution in [0, 0.1) is 0 Å². The number of rotatable bonds is 11. The summed E-state index contributed by atoms with van der Waals surface area (Å²) in [5, 5.41) is 8.44. The summed E-state index contributed by atoms with van der Waals surface area (Å²) < 4.78 is 55.5. The predicted molar refractivity (Wildman–Crippen MR) is 144 cm³/mol. The van der Waals surface area contributed by atoms with Gasteiger partial charge in [0.25, 0.3) is 5.91 Å². The molecule has 0 heterocycles. The van der Waals surface area contributed by atoms with E-state index in [4.69, 9.17) is 14.2 Å². The number of ether oxygens (including phenoxy) is 3. The van der Waals surface area contributed by atoms with Crippen molar-refractivity contribution in [2.24, 2.45) is 5.10 Å². The highest BCUT2D eigenvalue weighted by atomic mass is 19.4. The largest absolute Gasteiger partial charge is 0.497 e. The molecule has 10 nitrogen and oxygen atoms in total. The first-order valence-electron chi connectivity index (χ1n) is 12.2. The van der Waals surface area contributed by atoms with Crippen molar-refractivity contribution in [1.29, 1.82) is 0 Å². The fourth-order valence-electron chi connectivity index (χ4n) is 3.38. The Morgan fingerprint density at radius 2 is 1.66 bits per heavy atom. The van der Waals surface area contributed by atoms with E-state index in [2.05, 4.69) is 21.2 Å². The maximum atomic E-state index is 13.2. The quantitative estimate of drug-likeness (QED) is 0.182. The van der Waals surface area contributed by atoms with Crippen LogP contribution in [-0.2, 0) is 27.1 Å². The molecule has 0 saturated carbocycles. The van der Waals surface area contributed by atoms with E-state index < -0.39 is 36.1 Å². The number of carbonyl (C=O) groups is 3. The summed E-state index contributed by atoms with van der Waals surface area (Å²) >= 11 is 0. The van der Waals surface area contributed by atoms with Crippen LogP contribution in [0.3, 0.4) is 0 Å². The Morgan fingerprint density at radius 1 is 0.927 bits per heavy atom. The molecule has 41 heavy (non-hydrogen) atoms. The molecule has 3 N–H and O–H groups in total. The average molecular weight is 573 g/mol. The normalized spacial score (nSPS) is 11.0. The van der Waals surface area contributed by atoms with Crippen molar-refractivity contribution >= 4 is 29.6 Å². The number of halogens is 3. The van der Waals surface area contributed by atoms with Crippen LogP contribution in [0.1, 0.15) is 23.6 Å². The van der Waals surface area contributed by atoms with Gasteiger partial charge in [-0.05, 0) is 60.5 Å². The molecule has 3 rings (SSSR count). The average Bonchev–Trinajstić information content (AvgIpc) is 2.95. The van der Waals surface area contributed by atoms with Crippen LogP contribution in [0.4, 0.5) is 18.9 Å².